The summed E-state index contributed by atoms with van der Waals surface area (Å²) in [4.78, 5) is 2.30. The van der Waals surface area contributed by atoms with Gasteiger partial charge in [0.15, 0.2) is 0 Å². The molecule has 0 amide bonds. The van der Waals surface area contributed by atoms with Gasteiger partial charge >= 0.3 is 0 Å². The van der Waals surface area contributed by atoms with Crippen molar-refractivity contribution >= 4 is 16.9 Å². The summed E-state index contributed by atoms with van der Waals surface area (Å²) in [6.45, 7) is 12.4. The molecule has 32 heavy (non-hydrogen) atoms. The van der Waals surface area contributed by atoms with Crippen LogP contribution in [0.5, 0.6) is 0 Å². The van der Waals surface area contributed by atoms with E-state index < -0.39 is 0 Å². The number of para-hydroxylation sites is 1. The van der Waals surface area contributed by atoms with Crippen molar-refractivity contribution in [2.75, 3.05) is 4.90 Å². The Bertz CT molecular complexity index is 1070. The van der Waals surface area contributed by atoms with Gasteiger partial charge in [-0.2, -0.15) is 0 Å². The van der Waals surface area contributed by atoms with E-state index in [0.29, 0.717) is 0 Å². The zero-order valence-corrected chi connectivity index (χ0v) is 20.3. The Morgan fingerprint density at radius 2 is 1.53 bits per heavy atom. The monoisotopic (exact) mass is 421 g/mol. The summed E-state index contributed by atoms with van der Waals surface area (Å²) in [5.41, 5.74) is 8.26. The highest BCUT2D eigenvalue weighted by atomic mass is 15.1. The molecule has 2 rings (SSSR count). The van der Waals surface area contributed by atoms with Gasteiger partial charge in [0.05, 0.1) is 0 Å². The molecule has 0 bridgehead atoms. The maximum absolute atomic E-state index is 3.11. The average Bonchev–Trinajstić information content (AvgIpc) is 2.79. The Kier molecular flexibility index (Phi) is 10.1. The number of anilines is 2. The standard InChI is InChI=1S/C31H35N/c1-7-10-15-31(24-25(4)5)32(29-16-12-11-13-17-29)30-22-20-28(21-23-30)27(9-3)19-18-26(6)14-8-2/h7,10-13,15-24H,9H2,1-6H3. The third kappa shape index (κ3) is 7.33. The van der Waals surface area contributed by atoms with Gasteiger partial charge in [-0.3, -0.25) is 0 Å². The maximum atomic E-state index is 3.11. The summed E-state index contributed by atoms with van der Waals surface area (Å²) in [7, 11) is 0. The lowest BCUT2D eigenvalue weighted by molar-refractivity contribution is 1.18. The Morgan fingerprint density at radius 1 is 0.875 bits per heavy atom. The molecule has 0 aromatic heterocycles. The molecule has 0 aliphatic carbocycles. The highest BCUT2D eigenvalue weighted by Crippen LogP contribution is 2.32. The minimum Gasteiger partial charge on any atom is -0.311 e. The van der Waals surface area contributed by atoms with Crippen LogP contribution in [0.4, 0.5) is 11.4 Å². The minimum atomic E-state index is 0.968. The fraction of sp³-hybridized carbons (Fsp3) is 0.226. The molecule has 0 radical (unpaired) electrons. The first-order chi connectivity index (χ1) is 15.5. The van der Waals surface area contributed by atoms with E-state index in [1.165, 1.54) is 16.7 Å². The molecule has 0 saturated heterocycles. The van der Waals surface area contributed by atoms with E-state index >= 15 is 0 Å². The summed E-state index contributed by atoms with van der Waals surface area (Å²) in [6.07, 6.45) is 13.8. The molecule has 0 aliphatic heterocycles. The van der Waals surface area contributed by atoms with Gasteiger partial charge in [0.1, 0.15) is 0 Å². The van der Waals surface area contributed by atoms with Gasteiger partial charge in [0.2, 0.25) is 0 Å². The lowest BCUT2D eigenvalue weighted by Gasteiger charge is -2.27. The van der Waals surface area contributed by atoms with Crippen LogP contribution >= 0.6 is 0 Å². The van der Waals surface area contributed by atoms with Crippen molar-refractivity contribution in [2.45, 2.75) is 48.0 Å². The van der Waals surface area contributed by atoms with Crippen LogP contribution in [0.25, 0.3) is 5.57 Å². The quantitative estimate of drug-likeness (QED) is 0.303. The second kappa shape index (κ2) is 13.0. The Morgan fingerprint density at radius 3 is 2.09 bits per heavy atom. The smallest absolute Gasteiger partial charge is 0.0462 e. The van der Waals surface area contributed by atoms with Crippen LogP contribution < -0.4 is 4.90 Å². The molecule has 0 spiro atoms. The fourth-order valence-corrected chi connectivity index (χ4v) is 3.41. The Balaban J connectivity index is 2.54. The van der Waals surface area contributed by atoms with Crippen molar-refractivity contribution < 1.29 is 0 Å². The number of hydrogen-bond donors (Lipinski definition) is 0. The highest BCUT2D eigenvalue weighted by Gasteiger charge is 2.13. The molecule has 2 aromatic rings. The predicted molar refractivity (Wildman–Crippen MR) is 143 cm³/mol. The zero-order chi connectivity index (χ0) is 23.3. The van der Waals surface area contributed by atoms with Crippen LogP contribution in [-0.4, -0.2) is 0 Å². The van der Waals surface area contributed by atoms with E-state index in [4.69, 9.17) is 0 Å². The van der Waals surface area contributed by atoms with Crippen molar-refractivity contribution in [1.29, 1.82) is 0 Å². The molecule has 164 valence electrons. The van der Waals surface area contributed by atoms with E-state index in [-0.39, 0.29) is 0 Å². The van der Waals surface area contributed by atoms with Gasteiger partial charge in [-0.1, -0.05) is 73.1 Å². The predicted octanol–water partition coefficient (Wildman–Crippen LogP) is 9.01. The molecule has 0 saturated carbocycles. The van der Waals surface area contributed by atoms with E-state index in [1.54, 1.807) is 0 Å². The van der Waals surface area contributed by atoms with Crippen LogP contribution in [0, 0.1) is 11.8 Å². The van der Waals surface area contributed by atoms with Gasteiger partial charge in [0.25, 0.3) is 0 Å². The second-order valence-electron chi connectivity index (χ2n) is 7.83. The molecular formula is C31H35N. The van der Waals surface area contributed by atoms with Gasteiger partial charge in [-0.15, -0.1) is 5.92 Å². The number of nitrogens with zero attached hydrogens (tertiary/aromatic N) is 1. The molecule has 0 fully saturated rings. The van der Waals surface area contributed by atoms with Crippen LogP contribution in [0.3, 0.4) is 0 Å². The summed E-state index contributed by atoms with van der Waals surface area (Å²) in [5, 5.41) is 0. The summed E-state index contributed by atoms with van der Waals surface area (Å²) in [6, 6.07) is 19.4. The van der Waals surface area contributed by atoms with Crippen LogP contribution in [-0.2, 0) is 0 Å². The van der Waals surface area contributed by atoms with Crippen molar-refractivity contribution in [3.8, 4) is 11.8 Å². The van der Waals surface area contributed by atoms with Crippen LogP contribution in [0.1, 0.15) is 53.5 Å². The van der Waals surface area contributed by atoms with Crippen molar-refractivity contribution in [1.82, 2.24) is 0 Å². The van der Waals surface area contributed by atoms with Crippen molar-refractivity contribution in [3.63, 3.8) is 0 Å². The molecule has 0 unspecified atom stereocenters. The van der Waals surface area contributed by atoms with Gasteiger partial charge in [-0.25, -0.2) is 0 Å². The summed E-state index contributed by atoms with van der Waals surface area (Å²) >= 11 is 0. The molecule has 0 heterocycles. The number of benzene rings is 2. The molecule has 0 N–H and O–H groups in total. The van der Waals surface area contributed by atoms with Gasteiger partial charge in [-0.05, 0) is 94.2 Å². The van der Waals surface area contributed by atoms with E-state index in [9.17, 15) is 0 Å². The first-order valence-corrected chi connectivity index (χ1v) is 11.2. The topological polar surface area (TPSA) is 3.24 Å². The Labute approximate surface area is 195 Å². The zero-order valence-electron chi connectivity index (χ0n) is 20.3. The van der Waals surface area contributed by atoms with Crippen LogP contribution in [0.15, 0.2) is 108 Å². The third-order valence-electron chi connectivity index (χ3n) is 4.90. The second-order valence-corrected chi connectivity index (χ2v) is 7.83. The molecule has 0 atom stereocenters. The number of rotatable bonds is 8. The number of hydrogen-bond acceptors (Lipinski definition) is 1. The molecule has 1 heteroatoms. The molecular weight excluding hydrogens is 386 g/mol. The highest BCUT2D eigenvalue weighted by molar-refractivity contribution is 5.74. The Hall–Kier alpha value is -3.50. The first kappa shape index (κ1) is 24.8. The van der Waals surface area contributed by atoms with Gasteiger partial charge < -0.3 is 4.90 Å². The fourth-order valence-electron chi connectivity index (χ4n) is 3.41. The summed E-state index contributed by atoms with van der Waals surface area (Å²) < 4.78 is 0. The van der Waals surface area contributed by atoms with Crippen molar-refractivity contribution in [2.24, 2.45) is 0 Å². The van der Waals surface area contributed by atoms with Crippen molar-refractivity contribution in [3.05, 3.63) is 113 Å². The summed E-state index contributed by atoms with van der Waals surface area (Å²) in [5.74, 6) is 6.06. The first-order valence-electron chi connectivity index (χ1n) is 11.2. The third-order valence-corrected chi connectivity index (χ3v) is 4.90. The van der Waals surface area contributed by atoms with E-state index in [0.717, 1.165) is 29.1 Å². The van der Waals surface area contributed by atoms with Gasteiger partial charge in [0, 0.05) is 17.1 Å². The van der Waals surface area contributed by atoms with E-state index in [1.807, 2.05) is 20.8 Å². The normalized spacial score (nSPS) is 12.4. The minimum absolute atomic E-state index is 0.968. The average molecular weight is 422 g/mol. The molecule has 1 nitrogen and oxygen atoms in total. The lowest BCUT2D eigenvalue weighted by atomic mass is 10.0. The van der Waals surface area contributed by atoms with Crippen LogP contribution in [0.2, 0.25) is 0 Å². The number of allylic oxidation sites excluding steroid dienone is 9. The van der Waals surface area contributed by atoms with E-state index in [2.05, 4.69) is 129 Å². The maximum Gasteiger partial charge on any atom is 0.0462 e. The molecule has 0 aliphatic rings. The molecule has 2 aromatic carbocycles. The lowest BCUT2D eigenvalue weighted by Crippen LogP contribution is -2.15. The largest absolute Gasteiger partial charge is 0.311 e. The SMILES string of the molecule is CC#CC(C)=CC=C(CC)c1ccc(N(C(C=C(C)C)=CC=CC)c2ccccc2)cc1.